The highest BCUT2D eigenvalue weighted by molar-refractivity contribution is 6.31. The van der Waals surface area contributed by atoms with E-state index in [2.05, 4.69) is 5.32 Å². The number of ether oxygens (including phenoxy) is 1. The number of rotatable bonds is 6. The van der Waals surface area contributed by atoms with E-state index in [1.165, 1.54) is 0 Å². The first-order valence-electron chi connectivity index (χ1n) is 10.4. The number of urea groups is 1. The number of carboxylic acids is 1. The lowest BCUT2D eigenvalue weighted by Gasteiger charge is -2.38. The van der Waals surface area contributed by atoms with Crippen molar-refractivity contribution in [3.63, 3.8) is 0 Å². The normalized spacial score (nSPS) is 15.0. The van der Waals surface area contributed by atoms with E-state index in [9.17, 15) is 9.59 Å². The molecule has 3 aromatic carbocycles. The molecule has 0 aliphatic carbocycles. The highest BCUT2D eigenvalue weighted by atomic mass is 35.5. The third kappa shape index (κ3) is 5.24. The Morgan fingerprint density at radius 2 is 1.79 bits per heavy atom. The second kappa shape index (κ2) is 10.1. The van der Waals surface area contributed by atoms with Gasteiger partial charge in [0.05, 0.1) is 6.04 Å². The van der Waals surface area contributed by atoms with Crippen LogP contribution in [0.2, 0.25) is 10.0 Å². The number of amides is 2. The largest absolute Gasteiger partial charge is 0.482 e. The maximum absolute atomic E-state index is 13.3. The molecule has 1 unspecified atom stereocenters. The summed E-state index contributed by atoms with van der Waals surface area (Å²) in [5.41, 5.74) is 3.50. The molecule has 4 rings (SSSR count). The molecule has 1 heterocycles. The molecule has 1 aliphatic heterocycles. The van der Waals surface area contributed by atoms with Crippen molar-refractivity contribution in [2.24, 2.45) is 0 Å². The first-order chi connectivity index (χ1) is 15.9. The van der Waals surface area contributed by atoms with E-state index in [1.54, 1.807) is 29.2 Å². The molecule has 33 heavy (non-hydrogen) atoms. The summed E-state index contributed by atoms with van der Waals surface area (Å²) < 4.78 is 5.56. The molecule has 0 radical (unpaired) electrons. The minimum absolute atomic E-state index is 0.265. The lowest BCUT2D eigenvalue weighted by atomic mass is 9.88. The number of aliphatic carboxylic acids is 1. The quantitative estimate of drug-likeness (QED) is 0.496. The van der Waals surface area contributed by atoms with Gasteiger partial charge < -0.3 is 20.1 Å². The Balaban J connectivity index is 1.69. The number of nitrogens with zero attached hydrogens (tertiary/aromatic N) is 1. The molecule has 0 fully saturated rings. The SMILES string of the molecule is O=C(O)COc1ccc(Cl)cc1C1c2ccccc2CCN1C(=O)NCc1ccccc1Cl. The summed E-state index contributed by atoms with van der Waals surface area (Å²) in [4.78, 5) is 26.2. The van der Waals surface area contributed by atoms with Gasteiger partial charge in [-0.2, -0.15) is 0 Å². The van der Waals surface area contributed by atoms with Gasteiger partial charge in [0.2, 0.25) is 0 Å². The van der Waals surface area contributed by atoms with Crippen molar-refractivity contribution in [2.45, 2.75) is 19.0 Å². The van der Waals surface area contributed by atoms with Gasteiger partial charge in [0, 0.05) is 28.7 Å². The number of nitrogens with one attached hydrogen (secondary N) is 1. The van der Waals surface area contributed by atoms with Crippen LogP contribution in [0.25, 0.3) is 0 Å². The van der Waals surface area contributed by atoms with Gasteiger partial charge in [-0.3, -0.25) is 0 Å². The smallest absolute Gasteiger partial charge is 0.341 e. The molecule has 0 aromatic heterocycles. The standard InChI is InChI=1S/C25H22Cl2N2O4/c26-18-9-10-22(33-15-23(30)31)20(13-18)24-19-7-3-1-5-16(19)11-12-29(24)25(32)28-14-17-6-2-4-8-21(17)27/h1-10,13,24H,11-12,14-15H2,(H,28,32)(H,30,31). The molecular formula is C25H22Cl2N2O4. The molecule has 2 amide bonds. The van der Waals surface area contributed by atoms with Gasteiger partial charge in [-0.1, -0.05) is 65.7 Å². The Morgan fingerprint density at radius 3 is 2.58 bits per heavy atom. The zero-order chi connectivity index (χ0) is 23.4. The Kier molecular flexibility index (Phi) is 7.06. The van der Waals surface area contributed by atoms with E-state index in [0.717, 1.165) is 16.7 Å². The first kappa shape index (κ1) is 23.0. The summed E-state index contributed by atoms with van der Waals surface area (Å²) in [5.74, 6) is -0.721. The fraction of sp³-hybridized carbons (Fsp3) is 0.200. The van der Waals surface area contributed by atoms with Crippen LogP contribution in [0, 0.1) is 0 Å². The molecular weight excluding hydrogens is 463 g/mol. The van der Waals surface area contributed by atoms with E-state index in [-0.39, 0.29) is 12.6 Å². The molecule has 1 atom stereocenters. The topological polar surface area (TPSA) is 78.9 Å². The summed E-state index contributed by atoms with van der Waals surface area (Å²) in [6.07, 6.45) is 0.693. The highest BCUT2D eigenvalue weighted by Crippen LogP contribution is 2.40. The van der Waals surface area contributed by atoms with Gasteiger partial charge >= 0.3 is 12.0 Å². The number of halogens is 2. The molecule has 1 aliphatic rings. The van der Waals surface area contributed by atoms with Crippen LogP contribution in [0.15, 0.2) is 66.7 Å². The van der Waals surface area contributed by atoms with E-state index >= 15 is 0 Å². The van der Waals surface area contributed by atoms with Crippen molar-refractivity contribution in [1.29, 1.82) is 0 Å². The lowest BCUT2D eigenvalue weighted by molar-refractivity contribution is -0.139. The molecule has 0 saturated carbocycles. The summed E-state index contributed by atoms with van der Waals surface area (Å²) in [7, 11) is 0. The van der Waals surface area contributed by atoms with Crippen LogP contribution in [0.4, 0.5) is 4.79 Å². The van der Waals surface area contributed by atoms with Gasteiger partial charge in [-0.05, 0) is 47.4 Å². The maximum atomic E-state index is 13.3. The van der Waals surface area contributed by atoms with Crippen molar-refractivity contribution >= 4 is 35.2 Å². The zero-order valence-corrected chi connectivity index (χ0v) is 19.1. The Labute approximate surface area is 201 Å². The van der Waals surface area contributed by atoms with Crippen LogP contribution < -0.4 is 10.1 Å². The van der Waals surface area contributed by atoms with Crippen LogP contribution in [-0.4, -0.2) is 35.2 Å². The number of fused-ring (bicyclic) bond motifs is 1. The average Bonchev–Trinajstić information content (AvgIpc) is 2.81. The van der Waals surface area contributed by atoms with Crippen molar-refractivity contribution in [1.82, 2.24) is 10.2 Å². The summed E-state index contributed by atoms with van der Waals surface area (Å²) in [6, 6.07) is 19.5. The van der Waals surface area contributed by atoms with Gasteiger partial charge in [0.25, 0.3) is 0 Å². The lowest BCUT2D eigenvalue weighted by Crippen LogP contribution is -2.46. The van der Waals surface area contributed by atoms with E-state index in [1.807, 2.05) is 42.5 Å². The van der Waals surface area contributed by atoms with Gasteiger partial charge in [0.15, 0.2) is 6.61 Å². The monoisotopic (exact) mass is 484 g/mol. The molecule has 3 aromatic rings. The third-order valence-electron chi connectivity index (χ3n) is 5.55. The van der Waals surface area contributed by atoms with Crippen molar-refractivity contribution in [3.05, 3.63) is 99.0 Å². The molecule has 0 bridgehead atoms. The minimum atomic E-state index is -1.09. The Hall–Kier alpha value is -3.22. The second-order valence-electron chi connectivity index (χ2n) is 7.66. The van der Waals surface area contributed by atoms with Crippen molar-refractivity contribution in [3.8, 4) is 5.75 Å². The van der Waals surface area contributed by atoms with Gasteiger partial charge in [-0.15, -0.1) is 0 Å². The third-order valence-corrected chi connectivity index (χ3v) is 6.15. The van der Waals surface area contributed by atoms with Crippen LogP contribution >= 0.6 is 23.2 Å². The Morgan fingerprint density at radius 1 is 1.03 bits per heavy atom. The van der Waals surface area contributed by atoms with Gasteiger partial charge in [-0.25, -0.2) is 9.59 Å². The highest BCUT2D eigenvalue weighted by Gasteiger charge is 2.34. The van der Waals surface area contributed by atoms with Crippen LogP contribution in [-0.2, 0) is 17.8 Å². The second-order valence-corrected chi connectivity index (χ2v) is 8.50. The fourth-order valence-corrected chi connectivity index (χ4v) is 4.42. The van der Waals surface area contributed by atoms with Crippen LogP contribution in [0.5, 0.6) is 5.75 Å². The number of carboxylic acid groups (broad SMARTS) is 1. The van der Waals surface area contributed by atoms with Gasteiger partial charge in [0.1, 0.15) is 5.75 Å². The summed E-state index contributed by atoms with van der Waals surface area (Å²) >= 11 is 12.5. The number of hydrogen-bond acceptors (Lipinski definition) is 3. The molecule has 0 spiro atoms. The number of hydrogen-bond donors (Lipinski definition) is 2. The molecule has 8 heteroatoms. The predicted octanol–water partition coefficient (Wildman–Crippen LogP) is 5.31. The van der Waals surface area contributed by atoms with Crippen molar-refractivity contribution < 1.29 is 19.4 Å². The molecule has 6 nitrogen and oxygen atoms in total. The fourth-order valence-electron chi connectivity index (χ4n) is 4.04. The van der Waals surface area contributed by atoms with E-state index in [0.29, 0.717) is 34.3 Å². The zero-order valence-electron chi connectivity index (χ0n) is 17.6. The summed E-state index contributed by atoms with van der Waals surface area (Å²) in [6.45, 7) is 0.254. The molecule has 2 N–H and O–H groups in total. The average molecular weight is 485 g/mol. The molecule has 0 saturated heterocycles. The minimum Gasteiger partial charge on any atom is -0.482 e. The van der Waals surface area contributed by atoms with Crippen molar-refractivity contribution in [2.75, 3.05) is 13.2 Å². The van der Waals surface area contributed by atoms with E-state index < -0.39 is 18.6 Å². The number of benzene rings is 3. The summed E-state index contributed by atoms with van der Waals surface area (Å²) in [5, 5.41) is 13.1. The predicted molar refractivity (Wildman–Crippen MR) is 127 cm³/mol. The Bertz CT molecular complexity index is 1180. The van der Waals surface area contributed by atoms with Crippen LogP contribution in [0.1, 0.15) is 28.3 Å². The number of carbonyl (C=O) groups is 2. The first-order valence-corrected chi connectivity index (χ1v) is 11.2. The van der Waals surface area contributed by atoms with Crippen LogP contribution in [0.3, 0.4) is 0 Å². The molecule has 170 valence electrons. The number of carbonyl (C=O) groups excluding carboxylic acids is 1. The maximum Gasteiger partial charge on any atom is 0.341 e. The van der Waals surface area contributed by atoms with E-state index in [4.69, 9.17) is 33.0 Å².